The van der Waals surface area contributed by atoms with E-state index in [4.69, 9.17) is 9.47 Å². The number of likely N-dealkylation sites (tertiary alicyclic amines) is 1. The molecule has 0 bridgehead atoms. The van der Waals surface area contributed by atoms with E-state index in [0.29, 0.717) is 25.8 Å². The molecule has 0 aromatic heterocycles. The lowest BCUT2D eigenvalue weighted by Crippen LogP contribution is -2.58. The predicted octanol–water partition coefficient (Wildman–Crippen LogP) is 1.67. The van der Waals surface area contributed by atoms with Crippen molar-refractivity contribution in [2.75, 3.05) is 26.3 Å². The third-order valence-corrected chi connectivity index (χ3v) is 6.58. The molecule has 2 aliphatic heterocycles. The molecule has 5 atom stereocenters. The zero-order valence-electron chi connectivity index (χ0n) is 19.9. The first-order valence-electron chi connectivity index (χ1n) is 12.1. The summed E-state index contributed by atoms with van der Waals surface area (Å²) in [6.45, 7) is 7.40. The number of carbonyl (C=O) groups is 3. The summed E-state index contributed by atoms with van der Waals surface area (Å²) in [7, 11) is 0. The van der Waals surface area contributed by atoms with Crippen LogP contribution in [0.3, 0.4) is 0 Å². The molecule has 2 N–H and O–H groups in total. The van der Waals surface area contributed by atoms with E-state index in [9.17, 15) is 14.4 Å². The smallest absolute Gasteiger partial charge is 0.328 e. The minimum atomic E-state index is -0.646. The number of nitrogens with zero attached hydrogens (tertiary/aromatic N) is 1. The standard InChI is InChI=1S/C25H37N3O5/c1-4-32-24(30)20(12-11-18-9-7-6-8-10-18)27-17(3)23(29)28-21(25(31)33-5-2)15-19-13-14-26-16-22(19)28/h6-10,17,19-22,26-27H,4-5,11-16H2,1-3H3/t17-,19+,20+,21+,22+/m1/s1. The molecule has 182 valence electrons. The highest BCUT2D eigenvalue weighted by atomic mass is 16.5. The Morgan fingerprint density at radius 3 is 2.58 bits per heavy atom. The number of hydrogen-bond acceptors (Lipinski definition) is 7. The van der Waals surface area contributed by atoms with Crippen molar-refractivity contribution in [2.24, 2.45) is 5.92 Å². The maximum absolute atomic E-state index is 13.6. The number of carbonyl (C=O) groups excluding carboxylic acids is 3. The first kappa shape index (κ1) is 25.2. The maximum Gasteiger partial charge on any atom is 0.328 e. The molecule has 0 saturated carbocycles. The average molecular weight is 460 g/mol. The van der Waals surface area contributed by atoms with Crippen molar-refractivity contribution >= 4 is 17.8 Å². The van der Waals surface area contributed by atoms with Crippen LogP contribution in [0, 0.1) is 5.92 Å². The Hall–Kier alpha value is -2.45. The monoisotopic (exact) mass is 459 g/mol. The van der Waals surface area contributed by atoms with Crippen LogP contribution in [0.5, 0.6) is 0 Å². The summed E-state index contributed by atoms with van der Waals surface area (Å²) in [6, 6.07) is 8.02. The van der Waals surface area contributed by atoms with Gasteiger partial charge in [0.25, 0.3) is 0 Å². The molecule has 8 heteroatoms. The topological polar surface area (TPSA) is 97.0 Å². The van der Waals surface area contributed by atoms with E-state index in [1.54, 1.807) is 25.7 Å². The number of nitrogens with one attached hydrogen (secondary N) is 2. The molecule has 3 rings (SSSR count). The van der Waals surface area contributed by atoms with Crippen molar-refractivity contribution in [2.45, 2.75) is 70.6 Å². The van der Waals surface area contributed by atoms with E-state index in [1.165, 1.54) is 0 Å². The summed E-state index contributed by atoms with van der Waals surface area (Å²) in [6.07, 6.45) is 2.74. The number of esters is 2. The van der Waals surface area contributed by atoms with Crippen LogP contribution in [0.4, 0.5) is 0 Å². The molecule has 2 fully saturated rings. The van der Waals surface area contributed by atoms with Crippen molar-refractivity contribution in [3.05, 3.63) is 35.9 Å². The summed E-state index contributed by atoms with van der Waals surface area (Å²) >= 11 is 0. The quantitative estimate of drug-likeness (QED) is 0.514. The van der Waals surface area contributed by atoms with Gasteiger partial charge < -0.3 is 19.7 Å². The fourth-order valence-corrected chi connectivity index (χ4v) is 4.96. The predicted molar refractivity (Wildman–Crippen MR) is 124 cm³/mol. The first-order valence-corrected chi connectivity index (χ1v) is 12.1. The summed E-state index contributed by atoms with van der Waals surface area (Å²) in [5, 5.41) is 6.54. The van der Waals surface area contributed by atoms with Crippen LogP contribution in [0.15, 0.2) is 30.3 Å². The van der Waals surface area contributed by atoms with Gasteiger partial charge in [-0.15, -0.1) is 0 Å². The molecule has 1 aromatic carbocycles. The normalized spacial score (nSPS) is 24.0. The Morgan fingerprint density at radius 2 is 1.88 bits per heavy atom. The van der Waals surface area contributed by atoms with Crippen molar-refractivity contribution in [1.82, 2.24) is 15.5 Å². The maximum atomic E-state index is 13.6. The van der Waals surface area contributed by atoms with Crippen molar-refractivity contribution in [3.63, 3.8) is 0 Å². The Morgan fingerprint density at radius 1 is 1.15 bits per heavy atom. The number of amides is 1. The molecule has 0 unspecified atom stereocenters. The fraction of sp³-hybridized carbons (Fsp3) is 0.640. The Labute approximate surface area is 196 Å². The molecule has 0 aliphatic carbocycles. The highest BCUT2D eigenvalue weighted by molar-refractivity contribution is 5.89. The van der Waals surface area contributed by atoms with Crippen molar-refractivity contribution < 1.29 is 23.9 Å². The molecular formula is C25H37N3O5. The molecule has 1 amide bonds. The molecule has 1 aromatic rings. The van der Waals surface area contributed by atoms with E-state index < -0.39 is 18.1 Å². The summed E-state index contributed by atoms with van der Waals surface area (Å²) in [4.78, 5) is 40.6. The van der Waals surface area contributed by atoms with Crippen LogP contribution in [0.1, 0.15) is 45.6 Å². The molecule has 2 saturated heterocycles. The van der Waals surface area contributed by atoms with Gasteiger partial charge in [-0.1, -0.05) is 30.3 Å². The third kappa shape index (κ3) is 6.32. The van der Waals surface area contributed by atoms with Crippen LogP contribution in [-0.2, 0) is 30.3 Å². The highest BCUT2D eigenvalue weighted by Gasteiger charge is 2.49. The molecule has 8 nitrogen and oxygen atoms in total. The zero-order valence-corrected chi connectivity index (χ0v) is 19.9. The Bertz CT molecular complexity index is 802. The van der Waals surface area contributed by atoms with Gasteiger partial charge in [0.15, 0.2) is 0 Å². The minimum absolute atomic E-state index is 0.0460. The van der Waals surface area contributed by atoms with Gasteiger partial charge in [0.2, 0.25) is 5.91 Å². The van der Waals surface area contributed by atoms with Crippen molar-refractivity contribution in [1.29, 1.82) is 0 Å². The lowest BCUT2D eigenvalue weighted by molar-refractivity contribution is -0.155. The van der Waals surface area contributed by atoms with Gasteiger partial charge >= 0.3 is 11.9 Å². The fourth-order valence-electron chi connectivity index (χ4n) is 4.96. The number of aryl methyl sites for hydroxylation is 1. The second-order valence-electron chi connectivity index (χ2n) is 8.79. The molecule has 33 heavy (non-hydrogen) atoms. The number of ether oxygens (including phenoxy) is 2. The second kappa shape index (κ2) is 12.1. The van der Waals surface area contributed by atoms with E-state index in [2.05, 4.69) is 10.6 Å². The molecule has 2 aliphatic rings. The van der Waals surface area contributed by atoms with E-state index >= 15 is 0 Å². The van der Waals surface area contributed by atoms with Gasteiger partial charge in [-0.25, -0.2) is 4.79 Å². The van der Waals surface area contributed by atoms with E-state index in [1.807, 2.05) is 30.3 Å². The molecular weight excluding hydrogens is 422 g/mol. The van der Waals surface area contributed by atoms with E-state index in [-0.39, 0.29) is 43.0 Å². The van der Waals surface area contributed by atoms with E-state index in [0.717, 1.165) is 18.5 Å². The second-order valence-corrected chi connectivity index (χ2v) is 8.79. The van der Waals surface area contributed by atoms with Gasteiger partial charge in [0.1, 0.15) is 12.1 Å². The lowest BCUT2D eigenvalue weighted by atomic mass is 9.92. The Balaban J connectivity index is 1.72. The van der Waals surface area contributed by atoms with Crippen LogP contribution < -0.4 is 10.6 Å². The first-order chi connectivity index (χ1) is 16.0. The van der Waals surface area contributed by atoms with Crippen molar-refractivity contribution in [3.8, 4) is 0 Å². The molecule has 0 spiro atoms. The van der Waals surface area contributed by atoms with Crippen LogP contribution in [-0.4, -0.2) is 73.2 Å². The summed E-state index contributed by atoms with van der Waals surface area (Å²) in [5.74, 6) is -0.624. The van der Waals surface area contributed by atoms with Gasteiger partial charge in [-0.3, -0.25) is 14.9 Å². The van der Waals surface area contributed by atoms with Gasteiger partial charge in [0.05, 0.1) is 19.3 Å². The van der Waals surface area contributed by atoms with Crippen LogP contribution in [0.25, 0.3) is 0 Å². The summed E-state index contributed by atoms with van der Waals surface area (Å²) in [5.41, 5.74) is 1.12. The number of benzene rings is 1. The zero-order chi connectivity index (χ0) is 23.8. The SMILES string of the molecule is CCOC(=O)[C@H](CCc1ccccc1)N[C@H](C)C(=O)N1[C@H](C(=O)OCC)C[C@@H]2CCNC[C@@H]21. The van der Waals surface area contributed by atoms with Crippen LogP contribution in [0.2, 0.25) is 0 Å². The third-order valence-electron chi connectivity index (χ3n) is 6.58. The number of piperidine rings is 1. The minimum Gasteiger partial charge on any atom is -0.465 e. The van der Waals surface area contributed by atoms with Gasteiger partial charge in [0, 0.05) is 12.6 Å². The number of fused-ring (bicyclic) bond motifs is 1. The largest absolute Gasteiger partial charge is 0.465 e. The molecule has 0 radical (unpaired) electrons. The van der Waals surface area contributed by atoms with Gasteiger partial charge in [-0.2, -0.15) is 0 Å². The van der Waals surface area contributed by atoms with Crippen LogP contribution >= 0.6 is 0 Å². The number of hydrogen-bond donors (Lipinski definition) is 2. The summed E-state index contributed by atoms with van der Waals surface area (Å²) < 4.78 is 10.5. The average Bonchev–Trinajstić information content (AvgIpc) is 3.21. The Kier molecular flexibility index (Phi) is 9.26. The lowest BCUT2D eigenvalue weighted by Gasteiger charge is -2.36. The number of rotatable bonds is 10. The molecule has 2 heterocycles. The van der Waals surface area contributed by atoms with Gasteiger partial charge in [-0.05, 0) is 64.5 Å². The highest BCUT2D eigenvalue weighted by Crippen LogP contribution is 2.35.